The van der Waals surface area contributed by atoms with Gasteiger partial charge in [-0.25, -0.2) is 14.3 Å². The molecule has 6 rings (SSSR count). The Morgan fingerprint density at radius 2 is 1.67 bits per heavy atom. The van der Waals surface area contributed by atoms with Crippen molar-refractivity contribution in [2.45, 2.75) is 57.7 Å². The van der Waals surface area contributed by atoms with E-state index in [0.29, 0.717) is 62.0 Å². The predicted octanol–water partition coefficient (Wildman–Crippen LogP) is 2.88. The number of carbonyl (C=O) groups excluding carboxylic acids is 2. The predicted molar refractivity (Wildman–Crippen MR) is 167 cm³/mol. The molecule has 2 N–H and O–H groups in total. The molecule has 3 saturated heterocycles. The zero-order chi connectivity index (χ0) is 31.5. The first-order valence-corrected chi connectivity index (χ1v) is 15.9. The molecule has 2 atom stereocenters. The third-order valence-corrected chi connectivity index (χ3v) is 9.30. The van der Waals surface area contributed by atoms with Crippen molar-refractivity contribution in [3.8, 4) is 17.1 Å². The Hall–Kier alpha value is -4.16. The van der Waals surface area contributed by atoms with Crippen LogP contribution in [0, 0.1) is 13.8 Å². The maximum absolute atomic E-state index is 13.9. The van der Waals surface area contributed by atoms with Gasteiger partial charge in [-0.1, -0.05) is 42.5 Å². The quantitative estimate of drug-likeness (QED) is 0.413. The number of nitrogens with zero attached hydrogens (tertiary/aromatic N) is 5. The van der Waals surface area contributed by atoms with Gasteiger partial charge in [-0.05, 0) is 49.8 Å². The topological polar surface area (TPSA) is 133 Å². The molecule has 0 saturated carbocycles. The van der Waals surface area contributed by atoms with Crippen molar-refractivity contribution in [1.82, 2.24) is 29.5 Å². The number of nitrogens with one attached hydrogen (secondary N) is 1. The zero-order valence-corrected chi connectivity index (χ0v) is 26.0. The number of phenolic OH excluding ortho intramolecular Hbond substituents is 1. The number of carbonyl (C=O) groups is 2. The number of aromatic hydroxyl groups is 1. The van der Waals surface area contributed by atoms with Crippen LogP contribution < -0.4 is 5.69 Å². The second kappa shape index (κ2) is 13.5. The number of likely N-dealkylation sites (tertiary alicyclic amines) is 1. The van der Waals surface area contributed by atoms with Crippen LogP contribution in [0.15, 0.2) is 47.3 Å². The van der Waals surface area contributed by atoms with Crippen molar-refractivity contribution >= 4 is 12.0 Å². The first-order chi connectivity index (χ1) is 21.8. The molecule has 2 aromatic carbocycles. The van der Waals surface area contributed by atoms with E-state index in [0.717, 1.165) is 43.9 Å². The van der Waals surface area contributed by atoms with Gasteiger partial charge in [0.25, 0.3) is 5.91 Å². The summed E-state index contributed by atoms with van der Waals surface area (Å²) < 4.78 is 13.0. The average Bonchev–Trinajstić information content (AvgIpc) is 3.74. The fourth-order valence-corrected chi connectivity index (χ4v) is 6.68. The lowest BCUT2D eigenvalue weighted by Crippen LogP contribution is -2.55. The molecule has 0 spiro atoms. The number of benzene rings is 2. The smallest absolute Gasteiger partial charge is 0.410 e. The monoisotopic (exact) mass is 618 g/mol. The molecular formula is C33H42N6O6. The summed E-state index contributed by atoms with van der Waals surface area (Å²) in [5.74, 6) is 0.529. The van der Waals surface area contributed by atoms with Gasteiger partial charge in [0.2, 0.25) is 0 Å². The Labute approximate surface area is 262 Å². The minimum absolute atomic E-state index is 0.155. The van der Waals surface area contributed by atoms with Gasteiger partial charge in [0, 0.05) is 63.9 Å². The van der Waals surface area contributed by atoms with Crippen LogP contribution in [0.4, 0.5) is 4.79 Å². The van der Waals surface area contributed by atoms with Gasteiger partial charge in [0.15, 0.2) is 11.9 Å². The number of aromatic nitrogens is 3. The largest absolute Gasteiger partial charge is 0.507 e. The van der Waals surface area contributed by atoms with Crippen molar-refractivity contribution in [3.05, 3.63) is 69.6 Å². The Kier molecular flexibility index (Phi) is 9.22. The second-order valence-electron chi connectivity index (χ2n) is 12.3. The molecule has 240 valence electrons. The van der Waals surface area contributed by atoms with E-state index in [2.05, 4.69) is 15.0 Å². The molecule has 1 aromatic heterocycles. The third-order valence-electron chi connectivity index (χ3n) is 9.30. The molecule has 4 heterocycles. The van der Waals surface area contributed by atoms with Crippen molar-refractivity contribution < 1.29 is 24.2 Å². The maximum Gasteiger partial charge on any atom is 0.410 e. The van der Waals surface area contributed by atoms with Gasteiger partial charge in [0.05, 0.1) is 12.6 Å². The number of hydrogen-bond acceptors (Lipinski definition) is 8. The maximum atomic E-state index is 13.9. The van der Waals surface area contributed by atoms with Crippen LogP contribution in [0.2, 0.25) is 0 Å². The molecule has 0 aliphatic carbocycles. The number of piperidine rings is 1. The van der Waals surface area contributed by atoms with Crippen LogP contribution in [-0.2, 0) is 20.7 Å². The van der Waals surface area contributed by atoms with E-state index in [4.69, 9.17) is 9.47 Å². The summed E-state index contributed by atoms with van der Waals surface area (Å²) in [7, 11) is 0. The molecule has 2 amide bonds. The summed E-state index contributed by atoms with van der Waals surface area (Å²) >= 11 is 0. The van der Waals surface area contributed by atoms with Crippen LogP contribution in [0.3, 0.4) is 0 Å². The molecule has 12 nitrogen and oxygen atoms in total. The fourth-order valence-electron chi connectivity index (χ4n) is 6.68. The molecule has 3 aliphatic heterocycles. The van der Waals surface area contributed by atoms with Crippen LogP contribution in [0.1, 0.15) is 42.0 Å². The first kappa shape index (κ1) is 30.8. The number of hydrogen-bond donors (Lipinski definition) is 2. The highest BCUT2D eigenvalue weighted by molar-refractivity contribution is 5.84. The summed E-state index contributed by atoms with van der Waals surface area (Å²) in [6, 6.07) is 13.4. The van der Waals surface area contributed by atoms with E-state index in [9.17, 15) is 19.5 Å². The number of H-pyrrole nitrogens is 1. The summed E-state index contributed by atoms with van der Waals surface area (Å²) in [6.45, 7) is 8.53. The Bertz CT molecular complexity index is 1530. The number of phenols is 1. The molecule has 3 aromatic rings. The summed E-state index contributed by atoms with van der Waals surface area (Å²) in [4.78, 5) is 48.7. The number of aromatic amines is 1. The normalized spacial score (nSPS) is 20.4. The van der Waals surface area contributed by atoms with E-state index in [1.807, 2.05) is 56.3 Å². The molecule has 0 bridgehead atoms. The average molecular weight is 619 g/mol. The molecule has 3 aliphatic rings. The molecule has 45 heavy (non-hydrogen) atoms. The van der Waals surface area contributed by atoms with Gasteiger partial charge < -0.3 is 24.4 Å². The summed E-state index contributed by atoms with van der Waals surface area (Å²) in [5.41, 5.74) is 2.79. The lowest BCUT2D eigenvalue weighted by molar-refractivity contribution is -0.143. The lowest BCUT2D eigenvalue weighted by atomic mass is 10.0. The Balaban J connectivity index is 1.11. The van der Waals surface area contributed by atoms with Gasteiger partial charge in [0.1, 0.15) is 5.75 Å². The Morgan fingerprint density at radius 1 is 0.978 bits per heavy atom. The van der Waals surface area contributed by atoms with Gasteiger partial charge in [-0.2, -0.15) is 0 Å². The van der Waals surface area contributed by atoms with Crippen LogP contribution in [0.25, 0.3) is 11.4 Å². The second-order valence-corrected chi connectivity index (χ2v) is 12.3. The van der Waals surface area contributed by atoms with Crippen molar-refractivity contribution in [2.75, 3.05) is 52.5 Å². The Morgan fingerprint density at radius 3 is 2.31 bits per heavy atom. The minimum atomic E-state index is -0.998. The van der Waals surface area contributed by atoms with Crippen molar-refractivity contribution in [2.24, 2.45) is 0 Å². The highest BCUT2D eigenvalue weighted by Gasteiger charge is 2.35. The number of ether oxygens (including phenoxy) is 2. The van der Waals surface area contributed by atoms with Gasteiger partial charge in [-0.3, -0.25) is 14.7 Å². The van der Waals surface area contributed by atoms with Crippen molar-refractivity contribution in [1.29, 1.82) is 0 Å². The third kappa shape index (κ3) is 6.91. The van der Waals surface area contributed by atoms with E-state index in [1.165, 1.54) is 4.68 Å². The van der Waals surface area contributed by atoms with E-state index < -0.39 is 12.2 Å². The summed E-state index contributed by atoms with van der Waals surface area (Å²) in [5, 5.41) is 14.8. The molecule has 3 fully saturated rings. The van der Waals surface area contributed by atoms with Crippen molar-refractivity contribution in [3.63, 3.8) is 0 Å². The van der Waals surface area contributed by atoms with Gasteiger partial charge in [-0.15, -0.1) is 5.10 Å². The first-order valence-electron chi connectivity index (χ1n) is 15.9. The van der Waals surface area contributed by atoms with Crippen LogP contribution in [-0.4, -0.2) is 111 Å². The molecular weight excluding hydrogens is 576 g/mol. The molecule has 12 heteroatoms. The summed E-state index contributed by atoms with van der Waals surface area (Å²) in [6.07, 6.45) is 0.756. The zero-order valence-electron chi connectivity index (χ0n) is 26.0. The van der Waals surface area contributed by atoms with Gasteiger partial charge >= 0.3 is 11.8 Å². The number of amides is 2. The standard InChI is InChI=1S/C33H42N6O6/c1-22-18-24(19-23(2)29(22)40)20-28(31(41)37-15-13-36(14-16-37)27-10-17-44-21-27)45-33(43)38-11-8-26(9-12-38)39-32(42)34-30(35-39)25-6-4-3-5-7-25/h3-7,18-19,26-28,40H,8-17,20-21H2,1-2H3,(H,34,35,42)/t27?,28-/m1/s1. The minimum Gasteiger partial charge on any atom is -0.507 e. The molecule has 0 radical (unpaired) electrons. The number of rotatable bonds is 7. The highest BCUT2D eigenvalue weighted by atomic mass is 16.6. The molecule has 1 unspecified atom stereocenters. The number of aryl methyl sites for hydroxylation is 2. The number of piperazine rings is 1. The van der Waals surface area contributed by atoms with Crippen LogP contribution >= 0.6 is 0 Å². The highest BCUT2D eigenvalue weighted by Crippen LogP contribution is 2.26. The van der Waals surface area contributed by atoms with Crippen LogP contribution in [0.5, 0.6) is 5.75 Å². The van der Waals surface area contributed by atoms with E-state index in [-0.39, 0.29) is 29.8 Å². The SMILES string of the molecule is Cc1cc(C[C@@H](OC(=O)N2CCC(n3nc(-c4ccccc4)[nH]c3=O)CC2)C(=O)N2CCN(C3CCOC3)CC2)cc(C)c1O. The van der Waals surface area contributed by atoms with E-state index >= 15 is 0 Å². The van der Waals surface area contributed by atoms with E-state index in [1.54, 1.807) is 9.80 Å². The lowest BCUT2D eigenvalue weighted by Gasteiger charge is -2.39. The fraction of sp³-hybridized carbons (Fsp3) is 0.515.